The molecule has 0 amide bonds. The molecular weight excluding hydrogens is 468 g/mol. The van der Waals surface area contributed by atoms with Crippen molar-refractivity contribution < 1.29 is 19.7 Å². The lowest BCUT2D eigenvalue weighted by Crippen LogP contribution is -2.37. The molecule has 4 aromatic rings. The highest BCUT2D eigenvalue weighted by molar-refractivity contribution is 5.89. The number of phenolic OH excluding ortho intramolecular Hbond substituents is 1. The van der Waals surface area contributed by atoms with E-state index in [-0.39, 0.29) is 35.0 Å². The van der Waals surface area contributed by atoms with E-state index in [9.17, 15) is 24.6 Å². The van der Waals surface area contributed by atoms with Gasteiger partial charge >= 0.3 is 11.7 Å². The second kappa shape index (κ2) is 9.78. The number of aryl methyl sites for hydroxylation is 1. The van der Waals surface area contributed by atoms with Crippen LogP contribution < -0.4 is 21.4 Å². The number of nitrogens with zero attached hydrogens (tertiary/aromatic N) is 5. The number of rotatable bonds is 8. The van der Waals surface area contributed by atoms with Gasteiger partial charge in [0.05, 0.1) is 24.9 Å². The van der Waals surface area contributed by atoms with Crippen molar-refractivity contribution in [3.8, 4) is 11.5 Å². The Morgan fingerprint density at radius 1 is 1.17 bits per heavy atom. The first-order chi connectivity index (χ1) is 17.2. The fraction of sp³-hybridized carbons (Fsp3) is 0.208. The molecule has 0 saturated heterocycles. The van der Waals surface area contributed by atoms with Crippen molar-refractivity contribution in [3.63, 3.8) is 0 Å². The Bertz CT molecular complexity index is 1610. The predicted molar refractivity (Wildman–Crippen MR) is 133 cm³/mol. The first-order valence-corrected chi connectivity index (χ1v) is 10.9. The zero-order valence-electron chi connectivity index (χ0n) is 19.8. The predicted octanol–water partition coefficient (Wildman–Crippen LogP) is 1.73. The third-order valence-electron chi connectivity index (χ3n) is 5.59. The Morgan fingerprint density at radius 3 is 2.64 bits per heavy atom. The minimum absolute atomic E-state index is 0.00221. The summed E-state index contributed by atoms with van der Waals surface area (Å²) in [5, 5.41) is 23.7. The van der Waals surface area contributed by atoms with Crippen LogP contribution >= 0.6 is 0 Å². The normalized spacial score (nSPS) is 11.3. The van der Waals surface area contributed by atoms with E-state index in [1.165, 1.54) is 41.6 Å². The molecule has 2 heterocycles. The molecule has 186 valence electrons. The van der Waals surface area contributed by atoms with E-state index in [4.69, 9.17) is 4.74 Å². The summed E-state index contributed by atoms with van der Waals surface area (Å²) in [4.78, 5) is 41.6. The Labute approximate surface area is 204 Å². The van der Waals surface area contributed by atoms with Gasteiger partial charge in [-0.25, -0.2) is 15.0 Å². The number of carbonyl (C=O) groups is 1. The fourth-order valence-corrected chi connectivity index (χ4v) is 3.77. The molecule has 0 saturated carbocycles. The highest BCUT2D eigenvalue weighted by atomic mass is 16.5. The summed E-state index contributed by atoms with van der Waals surface area (Å²) in [5.74, 6) is -0.682. The van der Waals surface area contributed by atoms with Crippen LogP contribution in [0, 0.1) is 0 Å². The summed E-state index contributed by atoms with van der Waals surface area (Å²) in [6.45, 7) is 2.16. The summed E-state index contributed by atoms with van der Waals surface area (Å²) in [5.41, 5.74) is 3.02. The molecule has 0 atom stereocenters. The summed E-state index contributed by atoms with van der Waals surface area (Å²) in [6.07, 6.45) is 1.47. The van der Waals surface area contributed by atoms with Crippen LogP contribution in [-0.4, -0.2) is 47.7 Å². The Hall–Kier alpha value is -4.87. The number of anilines is 1. The van der Waals surface area contributed by atoms with E-state index < -0.39 is 17.2 Å². The number of hydrogen-bond acceptors (Lipinski definition) is 8. The van der Waals surface area contributed by atoms with Crippen molar-refractivity contribution in [3.05, 3.63) is 80.0 Å². The average Bonchev–Trinajstić information content (AvgIpc) is 3.22. The molecule has 12 nitrogen and oxygen atoms in total. The van der Waals surface area contributed by atoms with Gasteiger partial charge in [0.25, 0.3) is 5.56 Å². The van der Waals surface area contributed by atoms with E-state index in [0.29, 0.717) is 23.5 Å². The van der Waals surface area contributed by atoms with E-state index in [2.05, 4.69) is 15.5 Å². The molecule has 0 aliphatic rings. The van der Waals surface area contributed by atoms with Gasteiger partial charge in [-0.15, -0.1) is 0 Å². The van der Waals surface area contributed by atoms with Gasteiger partial charge in [-0.2, -0.15) is 10.1 Å². The second-order valence-corrected chi connectivity index (χ2v) is 7.89. The maximum absolute atomic E-state index is 13.0. The van der Waals surface area contributed by atoms with Crippen molar-refractivity contribution in [1.29, 1.82) is 0 Å². The van der Waals surface area contributed by atoms with Crippen LogP contribution in [-0.2, 0) is 20.6 Å². The zero-order chi connectivity index (χ0) is 26.0. The SMILES string of the molecule is CCOc1cc(/C=N\Nc2nc3c(c(=O)n(C)c(=O)n3C)n2Cc2ccccc2C(=O)O)ccc1O. The first kappa shape index (κ1) is 24.3. The number of carboxylic acid groups (broad SMARTS) is 1. The van der Waals surface area contributed by atoms with E-state index >= 15 is 0 Å². The largest absolute Gasteiger partial charge is 0.504 e. The van der Waals surface area contributed by atoms with Gasteiger partial charge in [-0.05, 0) is 42.3 Å². The molecule has 2 aromatic heterocycles. The molecule has 0 spiro atoms. The Balaban J connectivity index is 1.81. The van der Waals surface area contributed by atoms with E-state index in [1.54, 1.807) is 37.3 Å². The molecule has 3 N–H and O–H groups in total. The molecule has 4 rings (SSSR count). The van der Waals surface area contributed by atoms with Crippen LogP contribution in [0.1, 0.15) is 28.4 Å². The standard InChI is InChI=1S/C24H24N6O6/c1-4-36-18-11-14(9-10-17(18)31)12-25-27-23-26-20-19(21(32)29(3)24(35)28(20)2)30(23)13-15-7-5-6-8-16(15)22(33)34/h5-12,31H,4,13H2,1-3H3,(H,26,27)(H,33,34)/b25-12-. The van der Waals surface area contributed by atoms with Gasteiger partial charge < -0.3 is 14.9 Å². The number of carboxylic acids is 1. The van der Waals surface area contributed by atoms with Crippen LogP contribution in [0.5, 0.6) is 11.5 Å². The lowest BCUT2D eigenvalue weighted by Gasteiger charge is -2.11. The van der Waals surface area contributed by atoms with Gasteiger partial charge in [0, 0.05) is 14.1 Å². The zero-order valence-corrected chi connectivity index (χ0v) is 19.8. The number of hydrogen-bond donors (Lipinski definition) is 3. The summed E-state index contributed by atoms with van der Waals surface area (Å²) in [7, 11) is 2.85. The number of aromatic hydroxyl groups is 1. The minimum Gasteiger partial charge on any atom is -0.504 e. The Kier molecular flexibility index (Phi) is 6.59. The number of aromatic carboxylic acids is 1. The topological polar surface area (TPSA) is 153 Å². The molecule has 2 aromatic carbocycles. The monoisotopic (exact) mass is 492 g/mol. The maximum atomic E-state index is 13.0. The molecule has 0 aliphatic heterocycles. The molecule has 36 heavy (non-hydrogen) atoms. The smallest absolute Gasteiger partial charge is 0.336 e. The summed E-state index contributed by atoms with van der Waals surface area (Å²) < 4.78 is 9.06. The molecule has 0 radical (unpaired) electrons. The number of hydrazone groups is 1. The maximum Gasteiger partial charge on any atom is 0.336 e. The molecule has 0 bridgehead atoms. The van der Waals surface area contributed by atoms with Gasteiger partial charge in [0.15, 0.2) is 22.7 Å². The van der Waals surface area contributed by atoms with Crippen LogP contribution in [0.25, 0.3) is 11.2 Å². The van der Waals surface area contributed by atoms with Crippen LogP contribution in [0.15, 0.2) is 57.2 Å². The highest BCUT2D eigenvalue weighted by Crippen LogP contribution is 2.26. The summed E-state index contributed by atoms with van der Waals surface area (Å²) in [6, 6.07) is 11.1. The lowest BCUT2D eigenvalue weighted by molar-refractivity contribution is 0.0695. The molecule has 0 aliphatic carbocycles. The Morgan fingerprint density at radius 2 is 1.92 bits per heavy atom. The van der Waals surface area contributed by atoms with Gasteiger partial charge in [-0.3, -0.25) is 18.5 Å². The number of phenols is 1. The van der Waals surface area contributed by atoms with Gasteiger partial charge in [-0.1, -0.05) is 18.2 Å². The first-order valence-electron chi connectivity index (χ1n) is 10.9. The molecule has 0 fully saturated rings. The number of fused-ring (bicyclic) bond motifs is 1. The third-order valence-corrected chi connectivity index (χ3v) is 5.59. The number of nitrogens with one attached hydrogen (secondary N) is 1. The van der Waals surface area contributed by atoms with Crippen LogP contribution in [0.3, 0.4) is 0 Å². The highest BCUT2D eigenvalue weighted by Gasteiger charge is 2.21. The van der Waals surface area contributed by atoms with Gasteiger partial charge in [0.1, 0.15) is 0 Å². The van der Waals surface area contributed by atoms with Gasteiger partial charge in [0.2, 0.25) is 5.95 Å². The number of aromatic nitrogens is 4. The molecule has 12 heteroatoms. The third kappa shape index (κ3) is 4.43. The second-order valence-electron chi connectivity index (χ2n) is 7.89. The number of benzene rings is 2. The van der Waals surface area contributed by atoms with Crippen LogP contribution in [0.4, 0.5) is 5.95 Å². The van der Waals surface area contributed by atoms with E-state index in [0.717, 1.165) is 4.57 Å². The van der Waals surface area contributed by atoms with E-state index in [1.807, 2.05) is 0 Å². The lowest BCUT2D eigenvalue weighted by atomic mass is 10.1. The molecule has 0 unspecified atom stereocenters. The van der Waals surface area contributed by atoms with Crippen molar-refractivity contribution in [2.24, 2.45) is 19.2 Å². The average molecular weight is 492 g/mol. The molecular formula is C24H24N6O6. The van der Waals surface area contributed by atoms with Crippen molar-refractivity contribution in [2.45, 2.75) is 13.5 Å². The summed E-state index contributed by atoms with van der Waals surface area (Å²) >= 11 is 0. The minimum atomic E-state index is -1.11. The number of imidazole rings is 1. The van der Waals surface area contributed by atoms with Crippen molar-refractivity contribution in [1.82, 2.24) is 18.7 Å². The van der Waals surface area contributed by atoms with Crippen molar-refractivity contribution >= 4 is 29.3 Å². The van der Waals surface area contributed by atoms with Crippen molar-refractivity contribution in [2.75, 3.05) is 12.0 Å². The quantitative estimate of drug-likeness (QED) is 0.248. The fourth-order valence-electron chi connectivity index (χ4n) is 3.77. The van der Waals surface area contributed by atoms with Crippen LogP contribution in [0.2, 0.25) is 0 Å². The number of ether oxygens (including phenoxy) is 1.